The molecule has 0 aliphatic carbocycles. The molecular formula is C22H22N2O3S. The number of anilines is 1. The van der Waals surface area contributed by atoms with Gasteiger partial charge in [0, 0.05) is 17.8 Å². The average molecular weight is 394 g/mol. The minimum absolute atomic E-state index is 0.117. The summed E-state index contributed by atoms with van der Waals surface area (Å²) in [5.74, 6) is -0.286. The Morgan fingerprint density at radius 2 is 1.46 bits per heavy atom. The van der Waals surface area contributed by atoms with Crippen molar-refractivity contribution in [3.63, 3.8) is 0 Å². The molecule has 0 saturated heterocycles. The highest BCUT2D eigenvalue weighted by atomic mass is 32.2. The van der Waals surface area contributed by atoms with E-state index in [-0.39, 0.29) is 17.3 Å². The van der Waals surface area contributed by atoms with E-state index in [4.69, 9.17) is 0 Å². The SMILES string of the molecule is Cc1cc(C)cc(NC(=O)c2ccc(S(=O)(=O)NCc3ccccc3)cc2)c1. The van der Waals surface area contributed by atoms with Gasteiger partial charge in [-0.3, -0.25) is 4.79 Å². The molecule has 2 N–H and O–H groups in total. The Kier molecular flexibility index (Phi) is 5.92. The van der Waals surface area contributed by atoms with Crippen molar-refractivity contribution in [3.8, 4) is 0 Å². The number of nitrogens with one attached hydrogen (secondary N) is 2. The molecule has 0 aliphatic heterocycles. The fourth-order valence-corrected chi connectivity index (χ4v) is 3.91. The Morgan fingerprint density at radius 1 is 0.857 bits per heavy atom. The molecule has 0 aliphatic rings. The number of sulfonamides is 1. The minimum atomic E-state index is -3.65. The standard InChI is InChI=1S/C22H22N2O3S/c1-16-12-17(2)14-20(13-16)24-22(25)19-8-10-21(11-9-19)28(26,27)23-15-18-6-4-3-5-7-18/h3-14,23H,15H2,1-2H3,(H,24,25). The molecule has 3 aromatic rings. The molecule has 3 rings (SSSR count). The maximum absolute atomic E-state index is 12.4. The van der Waals surface area contributed by atoms with E-state index in [1.807, 2.05) is 62.4 Å². The lowest BCUT2D eigenvalue weighted by Gasteiger charge is -2.09. The number of carbonyl (C=O) groups is 1. The maximum Gasteiger partial charge on any atom is 0.255 e. The van der Waals surface area contributed by atoms with Crippen LogP contribution in [0.4, 0.5) is 5.69 Å². The van der Waals surface area contributed by atoms with Crippen LogP contribution in [0.5, 0.6) is 0 Å². The number of aryl methyl sites for hydroxylation is 2. The second kappa shape index (κ2) is 8.37. The zero-order valence-corrected chi connectivity index (χ0v) is 16.6. The summed E-state index contributed by atoms with van der Waals surface area (Å²) in [6.45, 7) is 4.13. The smallest absolute Gasteiger partial charge is 0.255 e. The molecule has 144 valence electrons. The zero-order chi connectivity index (χ0) is 20.1. The van der Waals surface area contributed by atoms with Crippen molar-refractivity contribution in [2.75, 3.05) is 5.32 Å². The van der Waals surface area contributed by atoms with E-state index in [1.165, 1.54) is 24.3 Å². The monoisotopic (exact) mass is 394 g/mol. The summed E-state index contributed by atoms with van der Waals surface area (Å²) >= 11 is 0. The van der Waals surface area contributed by atoms with Crippen molar-refractivity contribution in [2.45, 2.75) is 25.3 Å². The van der Waals surface area contributed by atoms with Gasteiger partial charge in [-0.15, -0.1) is 0 Å². The van der Waals surface area contributed by atoms with E-state index in [2.05, 4.69) is 10.0 Å². The first kappa shape index (κ1) is 19.8. The van der Waals surface area contributed by atoms with E-state index in [1.54, 1.807) is 0 Å². The second-order valence-electron chi connectivity index (χ2n) is 6.67. The molecule has 0 radical (unpaired) electrons. The highest BCUT2D eigenvalue weighted by Crippen LogP contribution is 2.16. The summed E-state index contributed by atoms with van der Waals surface area (Å²) in [5, 5.41) is 2.84. The van der Waals surface area contributed by atoms with Gasteiger partial charge in [-0.1, -0.05) is 36.4 Å². The molecule has 0 aromatic heterocycles. The molecule has 0 spiro atoms. The lowest BCUT2D eigenvalue weighted by Crippen LogP contribution is -2.23. The number of carbonyl (C=O) groups excluding carboxylic acids is 1. The van der Waals surface area contributed by atoms with Gasteiger partial charge >= 0.3 is 0 Å². The molecule has 1 amide bonds. The third kappa shape index (κ3) is 5.06. The summed E-state index contributed by atoms with van der Waals surface area (Å²) < 4.78 is 27.4. The summed E-state index contributed by atoms with van der Waals surface area (Å²) in [4.78, 5) is 12.5. The van der Waals surface area contributed by atoms with Crippen LogP contribution in [-0.2, 0) is 16.6 Å². The van der Waals surface area contributed by atoms with E-state index in [0.29, 0.717) is 11.3 Å². The molecule has 6 heteroatoms. The van der Waals surface area contributed by atoms with Gasteiger partial charge in [0.1, 0.15) is 0 Å². The van der Waals surface area contributed by atoms with E-state index in [9.17, 15) is 13.2 Å². The van der Waals surface area contributed by atoms with Crippen molar-refractivity contribution in [1.29, 1.82) is 0 Å². The Hall–Kier alpha value is -2.96. The van der Waals surface area contributed by atoms with Crippen LogP contribution >= 0.6 is 0 Å². The van der Waals surface area contributed by atoms with Gasteiger partial charge in [0.25, 0.3) is 5.91 Å². The molecule has 0 saturated carbocycles. The van der Waals surface area contributed by atoms with Crippen molar-refractivity contribution < 1.29 is 13.2 Å². The molecular weight excluding hydrogens is 372 g/mol. The van der Waals surface area contributed by atoms with Crippen LogP contribution in [0.15, 0.2) is 77.7 Å². The number of benzene rings is 3. The Labute approximate surface area is 165 Å². The predicted octanol–water partition coefficient (Wildman–Crippen LogP) is 4.03. The van der Waals surface area contributed by atoms with Crippen molar-refractivity contribution >= 4 is 21.6 Å². The van der Waals surface area contributed by atoms with Crippen LogP contribution in [0.1, 0.15) is 27.0 Å². The lowest BCUT2D eigenvalue weighted by molar-refractivity contribution is 0.102. The predicted molar refractivity (Wildman–Crippen MR) is 111 cm³/mol. The zero-order valence-electron chi connectivity index (χ0n) is 15.8. The molecule has 0 bridgehead atoms. The van der Waals surface area contributed by atoms with Gasteiger partial charge in [-0.2, -0.15) is 0 Å². The number of amides is 1. The van der Waals surface area contributed by atoms with Crippen LogP contribution in [0, 0.1) is 13.8 Å². The Balaban J connectivity index is 1.68. The van der Waals surface area contributed by atoms with Gasteiger partial charge in [0.15, 0.2) is 0 Å². The molecule has 0 atom stereocenters. The summed E-state index contributed by atoms with van der Waals surface area (Å²) in [5.41, 5.74) is 4.09. The number of rotatable bonds is 6. The van der Waals surface area contributed by atoms with Crippen LogP contribution in [0.3, 0.4) is 0 Å². The maximum atomic E-state index is 12.4. The van der Waals surface area contributed by atoms with Gasteiger partial charge in [-0.05, 0) is 66.9 Å². The topological polar surface area (TPSA) is 75.3 Å². The van der Waals surface area contributed by atoms with Crippen LogP contribution in [0.25, 0.3) is 0 Å². The first-order chi connectivity index (χ1) is 13.3. The van der Waals surface area contributed by atoms with Crippen LogP contribution in [-0.4, -0.2) is 14.3 Å². The Bertz CT molecular complexity index is 1060. The fraction of sp³-hybridized carbons (Fsp3) is 0.136. The third-order valence-electron chi connectivity index (χ3n) is 4.22. The lowest BCUT2D eigenvalue weighted by atomic mass is 10.1. The van der Waals surface area contributed by atoms with Crippen LogP contribution in [0.2, 0.25) is 0 Å². The van der Waals surface area contributed by atoms with Crippen LogP contribution < -0.4 is 10.0 Å². The van der Waals surface area contributed by atoms with E-state index in [0.717, 1.165) is 16.7 Å². The number of hydrogen-bond donors (Lipinski definition) is 2. The fourth-order valence-electron chi connectivity index (χ4n) is 2.89. The molecule has 3 aromatic carbocycles. The third-order valence-corrected chi connectivity index (χ3v) is 5.63. The molecule has 0 fully saturated rings. The van der Waals surface area contributed by atoms with Gasteiger partial charge < -0.3 is 5.32 Å². The molecule has 0 heterocycles. The van der Waals surface area contributed by atoms with Gasteiger partial charge in [-0.25, -0.2) is 13.1 Å². The molecule has 5 nitrogen and oxygen atoms in total. The first-order valence-electron chi connectivity index (χ1n) is 8.87. The highest BCUT2D eigenvalue weighted by Gasteiger charge is 2.15. The molecule has 0 unspecified atom stereocenters. The average Bonchev–Trinajstić information content (AvgIpc) is 2.66. The van der Waals surface area contributed by atoms with E-state index < -0.39 is 10.0 Å². The second-order valence-corrected chi connectivity index (χ2v) is 8.43. The number of hydrogen-bond acceptors (Lipinski definition) is 3. The largest absolute Gasteiger partial charge is 0.322 e. The highest BCUT2D eigenvalue weighted by molar-refractivity contribution is 7.89. The van der Waals surface area contributed by atoms with Crippen molar-refractivity contribution in [2.24, 2.45) is 0 Å². The van der Waals surface area contributed by atoms with Gasteiger partial charge in [0.05, 0.1) is 4.90 Å². The van der Waals surface area contributed by atoms with Crippen molar-refractivity contribution in [3.05, 3.63) is 95.1 Å². The summed E-state index contributed by atoms with van der Waals surface area (Å²) in [6, 6.07) is 21.0. The first-order valence-corrected chi connectivity index (χ1v) is 10.4. The summed E-state index contributed by atoms with van der Waals surface area (Å²) in [6.07, 6.45) is 0. The summed E-state index contributed by atoms with van der Waals surface area (Å²) in [7, 11) is -3.65. The minimum Gasteiger partial charge on any atom is -0.322 e. The quantitative estimate of drug-likeness (QED) is 0.663. The van der Waals surface area contributed by atoms with Crippen molar-refractivity contribution in [1.82, 2.24) is 4.72 Å². The Morgan fingerprint density at radius 3 is 2.07 bits per heavy atom. The van der Waals surface area contributed by atoms with E-state index >= 15 is 0 Å². The normalized spacial score (nSPS) is 11.2. The van der Waals surface area contributed by atoms with Gasteiger partial charge in [0.2, 0.25) is 10.0 Å². The molecule has 28 heavy (non-hydrogen) atoms.